The fraction of sp³-hybridized carbons (Fsp3) is 0.923. The SMILES string of the molecule is CCN(CC)C(=O)CCCNCC(C)(C)C. The Kier molecular flexibility index (Phi) is 7.39. The van der Waals surface area contributed by atoms with Crippen LogP contribution in [0.15, 0.2) is 0 Å². The fourth-order valence-corrected chi connectivity index (χ4v) is 1.56. The predicted molar refractivity (Wildman–Crippen MR) is 69.5 cm³/mol. The summed E-state index contributed by atoms with van der Waals surface area (Å²) in [4.78, 5) is 13.6. The first-order valence-corrected chi connectivity index (χ1v) is 6.39. The van der Waals surface area contributed by atoms with Crippen molar-refractivity contribution in [3.8, 4) is 0 Å². The molecule has 0 spiro atoms. The van der Waals surface area contributed by atoms with E-state index in [1.54, 1.807) is 0 Å². The first-order valence-electron chi connectivity index (χ1n) is 6.39. The second-order valence-corrected chi connectivity index (χ2v) is 5.41. The van der Waals surface area contributed by atoms with Gasteiger partial charge in [-0.15, -0.1) is 0 Å². The highest BCUT2D eigenvalue weighted by Crippen LogP contribution is 2.10. The summed E-state index contributed by atoms with van der Waals surface area (Å²) in [5.41, 5.74) is 0.322. The molecule has 96 valence electrons. The fourth-order valence-electron chi connectivity index (χ4n) is 1.56. The van der Waals surface area contributed by atoms with Gasteiger partial charge in [0.05, 0.1) is 0 Å². The highest BCUT2D eigenvalue weighted by molar-refractivity contribution is 5.76. The van der Waals surface area contributed by atoms with Crippen LogP contribution in [0.2, 0.25) is 0 Å². The third-order valence-corrected chi connectivity index (χ3v) is 2.52. The number of carbonyl (C=O) groups excluding carboxylic acids is 1. The highest BCUT2D eigenvalue weighted by atomic mass is 16.2. The summed E-state index contributed by atoms with van der Waals surface area (Å²) in [5.74, 6) is 0.280. The van der Waals surface area contributed by atoms with Gasteiger partial charge in [-0.2, -0.15) is 0 Å². The minimum atomic E-state index is 0.280. The molecule has 0 bridgehead atoms. The van der Waals surface area contributed by atoms with Crippen molar-refractivity contribution in [2.45, 2.75) is 47.5 Å². The van der Waals surface area contributed by atoms with Crippen molar-refractivity contribution in [1.29, 1.82) is 0 Å². The molecule has 0 radical (unpaired) electrons. The smallest absolute Gasteiger partial charge is 0.222 e. The van der Waals surface area contributed by atoms with Crippen molar-refractivity contribution in [1.82, 2.24) is 10.2 Å². The zero-order valence-electron chi connectivity index (χ0n) is 11.6. The van der Waals surface area contributed by atoms with Crippen molar-refractivity contribution in [3.05, 3.63) is 0 Å². The third-order valence-electron chi connectivity index (χ3n) is 2.52. The molecule has 0 aromatic rings. The van der Waals surface area contributed by atoms with Crippen LogP contribution in [-0.4, -0.2) is 37.0 Å². The number of rotatable bonds is 7. The lowest BCUT2D eigenvalue weighted by molar-refractivity contribution is -0.130. The van der Waals surface area contributed by atoms with Gasteiger partial charge in [-0.3, -0.25) is 4.79 Å². The van der Waals surface area contributed by atoms with Gasteiger partial charge in [0.2, 0.25) is 5.91 Å². The molecule has 0 aromatic carbocycles. The van der Waals surface area contributed by atoms with E-state index in [1.807, 2.05) is 18.7 Å². The van der Waals surface area contributed by atoms with E-state index in [1.165, 1.54) is 0 Å². The van der Waals surface area contributed by atoms with E-state index in [0.717, 1.165) is 32.6 Å². The molecule has 1 N–H and O–H groups in total. The number of amides is 1. The van der Waals surface area contributed by atoms with Crippen LogP contribution >= 0.6 is 0 Å². The Morgan fingerprint density at radius 3 is 2.19 bits per heavy atom. The van der Waals surface area contributed by atoms with Crippen LogP contribution in [0.5, 0.6) is 0 Å². The molecule has 0 aliphatic rings. The summed E-state index contributed by atoms with van der Waals surface area (Å²) in [6, 6.07) is 0. The Morgan fingerprint density at radius 2 is 1.75 bits per heavy atom. The quantitative estimate of drug-likeness (QED) is 0.678. The van der Waals surface area contributed by atoms with E-state index in [9.17, 15) is 4.79 Å². The molecule has 0 aliphatic carbocycles. The molecule has 1 amide bonds. The van der Waals surface area contributed by atoms with Gasteiger partial charge in [-0.25, -0.2) is 0 Å². The van der Waals surface area contributed by atoms with Crippen molar-refractivity contribution >= 4 is 5.91 Å². The molecule has 0 atom stereocenters. The maximum absolute atomic E-state index is 11.7. The van der Waals surface area contributed by atoms with Crippen LogP contribution in [0.25, 0.3) is 0 Å². The Hall–Kier alpha value is -0.570. The molecule has 0 unspecified atom stereocenters. The molecule has 0 rings (SSSR count). The summed E-state index contributed by atoms with van der Waals surface area (Å²) < 4.78 is 0. The second-order valence-electron chi connectivity index (χ2n) is 5.41. The minimum absolute atomic E-state index is 0.280. The van der Waals surface area contributed by atoms with Crippen molar-refractivity contribution in [2.75, 3.05) is 26.2 Å². The van der Waals surface area contributed by atoms with Gasteiger partial charge in [0.15, 0.2) is 0 Å². The number of nitrogens with zero attached hydrogens (tertiary/aromatic N) is 1. The summed E-state index contributed by atoms with van der Waals surface area (Å²) in [6.45, 7) is 14.3. The molecule has 3 heteroatoms. The van der Waals surface area contributed by atoms with E-state index in [0.29, 0.717) is 11.8 Å². The first kappa shape index (κ1) is 15.4. The zero-order chi connectivity index (χ0) is 12.6. The van der Waals surface area contributed by atoms with E-state index < -0.39 is 0 Å². The van der Waals surface area contributed by atoms with Gasteiger partial charge >= 0.3 is 0 Å². The molecule has 3 nitrogen and oxygen atoms in total. The van der Waals surface area contributed by atoms with Crippen LogP contribution in [0.3, 0.4) is 0 Å². The average Bonchev–Trinajstić information content (AvgIpc) is 2.17. The van der Waals surface area contributed by atoms with Gasteiger partial charge in [0.1, 0.15) is 0 Å². The van der Waals surface area contributed by atoms with Gasteiger partial charge in [-0.05, 0) is 38.8 Å². The molecular weight excluding hydrogens is 200 g/mol. The van der Waals surface area contributed by atoms with Crippen molar-refractivity contribution in [2.24, 2.45) is 5.41 Å². The first-order chi connectivity index (χ1) is 7.40. The minimum Gasteiger partial charge on any atom is -0.343 e. The number of hydrogen-bond donors (Lipinski definition) is 1. The Balaban J connectivity index is 3.55. The summed E-state index contributed by atoms with van der Waals surface area (Å²) in [6.07, 6.45) is 1.60. The number of carbonyl (C=O) groups is 1. The predicted octanol–water partition coefficient (Wildman–Crippen LogP) is 2.27. The highest BCUT2D eigenvalue weighted by Gasteiger charge is 2.10. The van der Waals surface area contributed by atoms with Gasteiger partial charge < -0.3 is 10.2 Å². The molecule has 16 heavy (non-hydrogen) atoms. The lowest BCUT2D eigenvalue weighted by Gasteiger charge is -2.20. The lowest BCUT2D eigenvalue weighted by Crippen LogP contribution is -2.32. The summed E-state index contributed by atoms with van der Waals surface area (Å²) >= 11 is 0. The molecule has 0 saturated heterocycles. The maximum Gasteiger partial charge on any atom is 0.222 e. The van der Waals surface area contributed by atoms with Crippen LogP contribution < -0.4 is 5.32 Å². The van der Waals surface area contributed by atoms with Crippen molar-refractivity contribution < 1.29 is 4.79 Å². The van der Waals surface area contributed by atoms with Crippen LogP contribution in [0, 0.1) is 5.41 Å². The van der Waals surface area contributed by atoms with E-state index in [2.05, 4.69) is 26.1 Å². The lowest BCUT2D eigenvalue weighted by atomic mass is 9.97. The topological polar surface area (TPSA) is 32.3 Å². The molecular formula is C13H28N2O. The molecule has 0 fully saturated rings. The zero-order valence-corrected chi connectivity index (χ0v) is 11.6. The number of hydrogen-bond acceptors (Lipinski definition) is 2. The van der Waals surface area contributed by atoms with Gasteiger partial charge in [0.25, 0.3) is 0 Å². The van der Waals surface area contributed by atoms with Crippen LogP contribution in [0.1, 0.15) is 47.5 Å². The van der Waals surface area contributed by atoms with E-state index in [-0.39, 0.29) is 5.91 Å². The Morgan fingerprint density at radius 1 is 1.19 bits per heavy atom. The molecule has 0 aromatic heterocycles. The van der Waals surface area contributed by atoms with Crippen LogP contribution in [0.4, 0.5) is 0 Å². The standard InChI is InChI=1S/C13H28N2O/c1-6-15(7-2)12(16)9-8-10-14-11-13(3,4)5/h14H,6-11H2,1-5H3. The Bertz CT molecular complexity index is 193. The van der Waals surface area contributed by atoms with Gasteiger partial charge in [0, 0.05) is 19.5 Å². The van der Waals surface area contributed by atoms with E-state index in [4.69, 9.17) is 0 Å². The Labute approximate surface area is 101 Å². The molecule has 0 heterocycles. The maximum atomic E-state index is 11.7. The largest absolute Gasteiger partial charge is 0.343 e. The van der Waals surface area contributed by atoms with E-state index >= 15 is 0 Å². The van der Waals surface area contributed by atoms with Crippen molar-refractivity contribution in [3.63, 3.8) is 0 Å². The molecule has 0 saturated carbocycles. The van der Waals surface area contributed by atoms with Crippen LogP contribution in [-0.2, 0) is 4.79 Å². The van der Waals surface area contributed by atoms with Gasteiger partial charge in [-0.1, -0.05) is 20.8 Å². The third kappa shape index (κ3) is 7.69. The summed E-state index contributed by atoms with van der Waals surface area (Å²) in [5, 5.41) is 3.38. The average molecular weight is 228 g/mol. The monoisotopic (exact) mass is 228 g/mol. The summed E-state index contributed by atoms with van der Waals surface area (Å²) in [7, 11) is 0. The second kappa shape index (κ2) is 7.66. The molecule has 0 aliphatic heterocycles. The number of nitrogens with one attached hydrogen (secondary N) is 1. The normalized spacial score (nSPS) is 11.6.